The second-order valence-corrected chi connectivity index (χ2v) is 6.76. The zero-order valence-electron chi connectivity index (χ0n) is 12.3. The Labute approximate surface area is 141 Å². The van der Waals surface area contributed by atoms with Gasteiger partial charge >= 0.3 is 0 Å². The molecular weight excluding hydrogens is 325 g/mol. The zero-order valence-corrected chi connectivity index (χ0v) is 14.6. The maximum Gasteiger partial charge on any atom is 0.0462 e. The highest BCUT2D eigenvalue weighted by atomic mass is 35.5. The Morgan fingerprint density at radius 3 is 1.95 bits per heavy atom. The Hall–Kier alpha value is -0.730. The highest BCUT2D eigenvalue weighted by molar-refractivity contribution is 6.36. The monoisotopic (exact) mass is 341 g/mol. The normalized spacial score (nSPS) is 12.7. The average molecular weight is 343 g/mol. The summed E-state index contributed by atoms with van der Waals surface area (Å²) >= 11 is 18.9. The number of hydrogen-bond acceptors (Lipinski definition) is 1. The minimum absolute atomic E-state index is 0.109. The van der Waals surface area contributed by atoms with Crippen LogP contribution in [0.2, 0.25) is 15.1 Å². The second-order valence-electron chi connectivity index (χ2n) is 5.51. The molecule has 0 bridgehead atoms. The summed E-state index contributed by atoms with van der Waals surface area (Å²) in [5.74, 6) is 0.109. The van der Waals surface area contributed by atoms with Crippen molar-refractivity contribution in [2.45, 2.75) is 12.8 Å². The van der Waals surface area contributed by atoms with Gasteiger partial charge in [0.05, 0.1) is 0 Å². The molecule has 1 atom stereocenters. The Morgan fingerprint density at radius 1 is 0.952 bits per heavy atom. The van der Waals surface area contributed by atoms with Crippen molar-refractivity contribution in [1.29, 1.82) is 0 Å². The lowest BCUT2D eigenvalue weighted by Gasteiger charge is -2.24. The Kier molecular flexibility index (Phi) is 5.56. The molecule has 0 aromatic heterocycles. The number of benzene rings is 2. The molecule has 0 saturated heterocycles. The summed E-state index contributed by atoms with van der Waals surface area (Å²) in [4.78, 5) is 2.13. The standard InChI is InChI=1S/C17H18Cl3N/c1-11-8-15(19)17(16(20)9-11)14(10-21(2)3)12-4-6-13(18)7-5-12/h4-9,14H,10H2,1-3H3. The van der Waals surface area contributed by atoms with Gasteiger partial charge in [-0.3, -0.25) is 0 Å². The van der Waals surface area contributed by atoms with E-state index >= 15 is 0 Å². The van der Waals surface area contributed by atoms with Crippen LogP contribution in [-0.4, -0.2) is 25.5 Å². The minimum atomic E-state index is 0.109. The van der Waals surface area contributed by atoms with Gasteiger partial charge in [-0.2, -0.15) is 0 Å². The zero-order chi connectivity index (χ0) is 15.6. The summed E-state index contributed by atoms with van der Waals surface area (Å²) in [7, 11) is 4.08. The van der Waals surface area contributed by atoms with Crippen LogP contribution in [0.25, 0.3) is 0 Å². The second kappa shape index (κ2) is 7.02. The van der Waals surface area contributed by atoms with Gasteiger partial charge in [0, 0.05) is 27.5 Å². The summed E-state index contributed by atoms with van der Waals surface area (Å²) < 4.78 is 0. The summed E-state index contributed by atoms with van der Waals surface area (Å²) in [6.45, 7) is 2.81. The van der Waals surface area contributed by atoms with Crippen LogP contribution in [0.3, 0.4) is 0 Å². The van der Waals surface area contributed by atoms with Crippen LogP contribution in [0.1, 0.15) is 22.6 Å². The number of rotatable bonds is 4. The van der Waals surface area contributed by atoms with Gasteiger partial charge in [0.15, 0.2) is 0 Å². The fourth-order valence-electron chi connectivity index (χ4n) is 2.47. The summed E-state index contributed by atoms with van der Waals surface area (Å²) in [6, 6.07) is 11.8. The molecule has 0 heterocycles. The third-order valence-electron chi connectivity index (χ3n) is 3.39. The molecule has 0 spiro atoms. The van der Waals surface area contributed by atoms with Crippen LogP contribution in [0, 0.1) is 6.92 Å². The fourth-order valence-corrected chi connectivity index (χ4v) is 3.45. The van der Waals surface area contributed by atoms with E-state index in [9.17, 15) is 0 Å². The maximum absolute atomic E-state index is 6.47. The molecule has 0 fully saturated rings. The predicted molar refractivity (Wildman–Crippen MR) is 93.0 cm³/mol. The van der Waals surface area contributed by atoms with Crippen LogP contribution < -0.4 is 0 Å². The molecule has 2 rings (SSSR count). The molecule has 0 aliphatic heterocycles. The molecule has 0 N–H and O–H groups in total. The Bertz CT molecular complexity index is 597. The summed E-state index contributed by atoms with van der Waals surface area (Å²) in [5, 5.41) is 2.15. The first-order valence-electron chi connectivity index (χ1n) is 6.74. The quantitative estimate of drug-likeness (QED) is 0.694. The number of likely N-dealkylation sites (N-methyl/N-ethyl adjacent to an activating group) is 1. The summed E-state index contributed by atoms with van der Waals surface area (Å²) in [6.07, 6.45) is 0. The molecular formula is C17H18Cl3N. The Balaban J connectivity index is 2.53. The van der Waals surface area contributed by atoms with Gasteiger partial charge in [-0.25, -0.2) is 0 Å². The van der Waals surface area contributed by atoms with Crippen LogP contribution in [0.4, 0.5) is 0 Å². The summed E-state index contributed by atoms with van der Waals surface area (Å²) in [5.41, 5.74) is 3.19. The van der Waals surface area contributed by atoms with Crippen molar-refractivity contribution in [3.05, 3.63) is 68.2 Å². The van der Waals surface area contributed by atoms with Crippen molar-refractivity contribution in [3.8, 4) is 0 Å². The van der Waals surface area contributed by atoms with Gasteiger partial charge in [0.1, 0.15) is 0 Å². The lowest BCUT2D eigenvalue weighted by atomic mass is 9.90. The predicted octanol–water partition coefficient (Wildman–Crippen LogP) is 5.65. The van der Waals surface area contributed by atoms with Crippen molar-refractivity contribution in [2.75, 3.05) is 20.6 Å². The molecule has 21 heavy (non-hydrogen) atoms. The first-order chi connectivity index (χ1) is 9.88. The number of hydrogen-bond donors (Lipinski definition) is 0. The molecule has 2 aromatic carbocycles. The van der Waals surface area contributed by atoms with Crippen molar-refractivity contribution >= 4 is 34.8 Å². The molecule has 4 heteroatoms. The van der Waals surface area contributed by atoms with Crippen LogP contribution >= 0.6 is 34.8 Å². The molecule has 0 amide bonds. The van der Waals surface area contributed by atoms with E-state index in [4.69, 9.17) is 34.8 Å². The molecule has 2 aromatic rings. The third-order valence-corrected chi connectivity index (χ3v) is 4.27. The van der Waals surface area contributed by atoms with Crippen molar-refractivity contribution in [2.24, 2.45) is 0 Å². The van der Waals surface area contributed by atoms with E-state index in [0.717, 1.165) is 28.3 Å². The van der Waals surface area contributed by atoms with Crippen LogP contribution in [0.5, 0.6) is 0 Å². The van der Waals surface area contributed by atoms with E-state index in [1.54, 1.807) is 0 Å². The Morgan fingerprint density at radius 2 is 1.48 bits per heavy atom. The SMILES string of the molecule is Cc1cc(Cl)c(C(CN(C)C)c2ccc(Cl)cc2)c(Cl)c1. The molecule has 0 aliphatic rings. The topological polar surface area (TPSA) is 3.24 Å². The van der Waals surface area contributed by atoms with Gasteiger partial charge in [0.25, 0.3) is 0 Å². The molecule has 0 aliphatic carbocycles. The third kappa shape index (κ3) is 4.14. The van der Waals surface area contributed by atoms with E-state index in [-0.39, 0.29) is 5.92 Å². The smallest absolute Gasteiger partial charge is 0.0462 e. The van der Waals surface area contributed by atoms with E-state index in [0.29, 0.717) is 10.0 Å². The van der Waals surface area contributed by atoms with Gasteiger partial charge < -0.3 is 4.90 Å². The largest absolute Gasteiger partial charge is 0.308 e. The number of halogens is 3. The van der Waals surface area contributed by atoms with E-state index in [1.807, 2.05) is 57.4 Å². The van der Waals surface area contributed by atoms with Crippen LogP contribution in [-0.2, 0) is 0 Å². The van der Waals surface area contributed by atoms with E-state index in [2.05, 4.69) is 4.90 Å². The molecule has 0 saturated carbocycles. The average Bonchev–Trinajstić information content (AvgIpc) is 2.37. The van der Waals surface area contributed by atoms with Crippen molar-refractivity contribution < 1.29 is 0 Å². The maximum atomic E-state index is 6.47. The number of aryl methyl sites for hydroxylation is 1. The number of nitrogens with zero attached hydrogens (tertiary/aromatic N) is 1. The fraction of sp³-hybridized carbons (Fsp3) is 0.294. The van der Waals surface area contributed by atoms with Gasteiger partial charge in [-0.15, -0.1) is 0 Å². The highest BCUT2D eigenvalue weighted by Crippen LogP contribution is 2.37. The molecule has 112 valence electrons. The van der Waals surface area contributed by atoms with E-state index < -0.39 is 0 Å². The van der Waals surface area contributed by atoms with Crippen LogP contribution in [0.15, 0.2) is 36.4 Å². The van der Waals surface area contributed by atoms with Crippen molar-refractivity contribution in [3.63, 3.8) is 0 Å². The molecule has 1 nitrogen and oxygen atoms in total. The van der Waals surface area contributed by atoms with Crippen molar-refractivity contribution in [1.82, 2.24) is 4.90 Å². The minimum Gasteiger partial charge on any atom is -0.308 e. The van der Waals surface area contributed by atoms with Gasteiger partial charge in [-0.1, -0.05) is 46.9 Å². The first-order valence-corrected chi connectivity index (χ1v) is 7.87. The molecule has 1 unspecified atom stereocenters. The van der Waals surface area contributed by atoms with Gasteiger partial charge in [0.2, 0.25) is 0 Å². The molecule has 0 radical (unpaired) electrons. The van der Waals surface area contributed by atoms with E-state index in [1.165, 1.54) is 0 Å². The highest BCUT2D eigenvalue weighted by Gasteiger charge is 2.21. The first kappa shape index (κ1) is 16.6. The lowest BCUT2D eigenvalue weighted by Crippen LogP contribution is -2.21. The van der Waals surface area contributed by atoms with Gasteiger partial charge in [-0.05, 0) is 62.0 Å². The lowest BCUT2D eigenvalue weighted by molar-refractivity contribution is 0.392.